The second-order valence-electron chi connectivity index (χ2n) is 4.45. The molecule has 0 amide bonds. The van der Waals surface area contributed by atoms with Crippen molar-refractivity contribution in [1.82, 2.24) is 4.90 Å². The maximum atomic E-state index is 13.5. The lowest BCUT2D eigenvalue weighted by Crippen LogP contribution is -2.31. The first-order chi connectivity index (χ1) is 9.42. The van der Waals surface area contributed by atoms with Crippen molar-refractivity contribution in [2.24, 2.45) is 0 Å². The van der Waals surface area contributed by atoms with Crippen molar-refractivity contribution in [3.05, 3.63) is 29.6 Å². The van der Waals surface area contributed by atoms with Crippen molar-refractivity contribution in [2.75, 3.05) is 27.3 Å². The summed E-state index contributed by atoms with van der Waals surface area (Å²) in [7, 11) is 3.24. The number of alkyl halides is 2. The molecular formula is C13H18F3NO3. The number of nitrogens with zero attached hydrogens (tertiary/aromatic N) is 1. The molecule has 0 saturated carbocycles. The Labute approximate surface area is 115 Å². The van der Waals surface area contributed by atoms with Crippen LogP contribution < -0.4 is 4.74 Å². The Balaban J connectivity index is 2.58. The van der Waals surface area contributed by atoms with E-state index in [1.807, 2.05) is 0 Å². The van der Waals surface area contributed by atoms with Crippen LogP contribution in [0.4, 0.5) is 13.2 Å². The molecule has 1 rings (SSSR count). The standard InChI is InChI=1S/C13H18F3NO3/c1-17(7-10(18)8-19-2)6-9-3-4-12(11(14)5-9)20-13(15)16/h3-5,10,13,18H,6-8H2,1-2H3. The maximum absolute atomic E-state index is 13.5. The number of benzene rings is 1. The summed E-state index contributed by atoms with van der Waals surface area (Å²) in [6.07, 6.45) is -0.642. The van der Waals surface area contributed by atoms with Gasteiger partial charge in [-0.3, -0.25) is 4.90 Å². The van der Waals surface area contributed by atoms with E-state index in [0.29, 0.717) is 18.7 Å². The minimum atomic E-state index is -3.05. The van der Waals surface area contributed by atoms with Gasteiger partial charge in [0.15, 0.2) is 11.6 Å². The second-order valence-corrected chi connectivity index (χ2v) is 4.45. The molecule has 0 radical (unpaired) electrons. The van der Waals surface area contributed by atoms with Crippen LogP contribution in [0.15, 0.2) is 18.2 Å². The third-order valence-electron chi connectivity index (χ3n) is 2.55. The third-order valence-corrected chi connectivity index (χ3v) is 2.55. The number of likely N-dealkylation sites (N-methyl/N-ethyl adjacent to an activating group) is 1. The van der Waals surface area contributed by atoms with Crippen LogP contribution in [0.25, 0.3) is 0 Å². The number of halogens is 3. The number of aliphatic hydroxyl groups excluding tert-OH is 1. The SMILES string of the molecule is COCC(O)CN(C)Cc1ccc(OC(F)F)c(F)c1. The van der Waals surface area contributed by atoms with E-state index in [9.17, 15) is 18.3 Å². The third kappa shape index (κ3) is 5.77. The van der Waals surface area contributed by atoms with E-state index in [1.165, 1.54) is 13.2 Å². The van der Waals surface area contributed by atoms with Gasteiger partial charge in [-0.25, -0.2) is 4.39 Å². The molecule has 20 heavy (non-hydrogen) atoms. The molecular weight excluding hydrogens is 275 g/mol. The van der Waals surface area contributed by atoms with Crippen molar-refractivity contribution in [2.45, 2.75) is 19.3 Å². The Bertz CT molecular complexity index is 418. The molecule has 1 aromatic carbocycles. The van der Waals surface area contributed by atoms with Crippen LogP contribution in [0.3, 0.4) is 0 Å². The van der Waals surface area contributed by atoms with Crippen LogP contribution in [0.1, 0.15) is 5.56 Å². The van der Waals surface area contributed by atoms with E-state index < -0.39 is 24.3 Å². The zero-order valence-electron chi connectivity index (χ0n) is 11.4. The summed E-state index contributed by atoms with van der Waals surface area (Å²) in [5.74, 6) is -1.32. The Kier molecular flexibility index (Phi) is 6.77. The molecule has 0 aliphatic carbocycles. The van der Waals surface area contributed by atoms with E-state index >= 15 is 0 Å². The van der Waals surface area contributed by atoms with Crippen LogP contribution in [-0.2, 0) is 11.3 Å². The van der Waals surface area contributed by atoms with Crippen LogP contribution in [0.2, 0.25) is 0 Å². The van der Waals surface area contributed by atoms with Crippen molar-refractivity contribution < 1.29 is 27.8 Å². The zero-order valence-corrected chi connectivity index (χ0v) is 11.4. The molecule has 1 unspecified atom stereocenters. The van der Waals surface area contributed by atoms with Gasteiger partial charge in [0.05, 0.1) is 12.7 Å². The second kappa shape index (κ2) is 8.08. The van der Waals surface area contributed by atoms with E-state index in [0.717, 1.165) is 12.1 Å². The summed E-state index contributed by atoms with van der Waals surface area (Å²) in [5.41, 5.74) is 0.594. The highest BCUT2D eigenvalue weighted by Crippen LogP contribution is 2.21. The van der Waals surface area contributed by atoms with Gasteiger partial charge in [0, 0.05) is 20.2 Å². The van der Waals surface area contributed by atoms with Gasteiger partial charge in [-0.2, -0.15) is 8.78 Å². The van der Waals surface area contributed by atoms with Gasteiger partial charge >= 0.3 is 6.61 Å². The van der Waals surface area contributed by atoms with Crippen molar-refractivity contribution in [3.8, 4) is 5.75 Å². The lowest BCUT2D eigenvalue weighted by molar-refractivity contribution is -0.0522. The van der Waals surface area contributed by atoms with Gasteiger partial charge in [0.25, 0.3) is 0 Å². The van der Waals surface area contributed by atoms with E-state index in [1.54, 1.807) is 11.9 Å². The van der Waals surface area contributed by atoms with Crippen molar-refractivity contribution in [1.29, 1.82) is 0 Å². The van der Waals surface area contributed by atoms with Crippen LogP contribution in [0.5, 0.6) is 5.75 Å². The van der Waals surface area contributed by atoms with Crippen LogP contribution in [-0.4, -0.2) is 50.0 Å². The molecule has 4 nitrogen and oxygen atoms in total. The summed E-state index contributed by atoms with van der Waals surface area (Å²) in [5, 5.41) is 9.55. The number of hydrogen-bond acceptors (Lipinski definition) is 4. The zero-order chi connectivity index (χ0) is 15.1. The lowest BCUT2D eigenvalue weighted by Gasteiger charge is -2.20. The molecule has 1 N–H and O–H groups in total. The normalized spacial score (nSPS) is 13.0. The molecule has 1 aromatic rings. The van der Waals surface area contributed by atoms with Crippen molar-refractivity contribution >= 4 is 0 Å². The molecule has 1 atom stereocenters. The van der Waals surface area contributed by atoms with Gasteiger partial charge in [-0.05, 0) is 24.7 Å². The monoisotopic (exact) mass is 293 g/mol. The van der Waals surface area contributed by atoms with Gasteiger partial charge < -0.3 is 14.6 Å². The average Bonchev–Trinajstić information content (AvgIpc) is 2.32. The van der Waals surface area contributed by atoms with Gasteiger partial charge in [0.2, 0.25) is 0 Å². The first-order valence-corrected chi connectivity index (χ1v) is 6.01. The minimum Gasteiger partial charge on any atom is -0.432 e. The molecule has 0 aliphatic rings. The Morgan fingerprint density at radius 3 is 2.60 bits per heavy atom. The summed E-state index contributed by atoms with van der Waals surface area (Å²) in [4.78, 5) is 1.77. The fraction of sp³-hybridized carbons (Fsp3) is 0.538. The number of hydrogen-bond donors (Lipinski definition) is 1. The van der Waals surface area contributed by atoms with Gasteiger partial charge in [-0.1, -0.05) is 6.07 Å². The fourth-order valence-electron chi connectivity index (χ4n) is 1.82. The highest BCUT2D eigenvalue weighted by molar-refractivity contribution is 5.29. The summed E-state index contributed by atoms with van der Waals surface area (Å²) >= 11 is 0. The molecule has 0 aliphatic heterocycles. The topological polar surface area (TPSA) is 41.9 Å². The molecule has 0 spiro atoms. The van der Waals surface area contributed by atoms with E-state index in [4.69, 9.17) is 4.74 Å². The largest absolute Gasteiger partial charge is 0.432 e. The lowest BCUT2D eigenvalue weighted by atomic mass is 10.2. The first-order valence-electron chi connectivity index (χ1n) is 6.01. The van der Waals surface area contributed by atoms with Crippen molar-refractivity contribution in [3.63, 3.8) is 0 Å². The minimum absolute atomic E-state index is 0.208. The number of methoxy groups -OCH3 is 1. The Morgan fingerprint density at radius 1 is 1.35 bits per heavy atom. The number of ether oxygens (including phenoxy) is 2. The molecule has 114 valence electrons. The molecule has 0 aromatic heterocycles. The predicted molar refractivity (Wildman–Crippen MR) is 67.2 cm³/mol. The fourth-order valence-corrected chi connectivity index (χ4v) is 1.82. The number of aliphatic hydroxyl groups is 1. The Morgan fingerprint density at radius 2 is 2.05 bits per heavy atom. The van der Waals surface area contributed by atoms with Gasteiger partial charge in [0.1, 0.15) is 0 Å². The molecule has 0 fully saturated rings. The molecule has 0 heterocycles. The molecule has 0 bridgehead atoms. The maximum Gasteiger partial charge on any atom is 0.387 e. The summed E-state index contributed by atoms with van der Waals surface area (Å²) in [6, 6.07) is 3.80. The highest BCUT2D eigenvalue weighted by atomic mass is 19.3. The summed E-state index contributed by atoms with van der Waals surface area (Å²) < 4.78 is 46.3. The van der Waals surface area contributed by atoms with Gasteiger partial charge in [-0.15, -0.1) is 0 Å². The van der Waals surface area contributed by atoms with E-state index in [-0.39, 0.29) is 6.61 Å². The molecule has 7 heteroatoms. The quantitative estimate of drug-likeness (QED) is 0.794. The number of rotatable bonds is 8. The van der Waals surface area contributed by atoms with Crippen LogP contribution >= 0.6 is 0 Å². The van der Waals surface area contributed by atoms with E-state index in [2.05, 4.69) is 4.74 Å². The first kappa shape index (κ1) is 16.7. The molecule has 0 saturated heterocycles. The average molecular weight is 293 g/mol. The highest BCUT2D eigenvalue weighted by Gasteiger charge is 2.12. The smallest absolute Gasteiger partial charge is 0.387 e. The Hall–Kier alpha value is -1.31. The summed E-state index contributed by atoms with van der Waals surface area (Å²) in [6.45, 7) is -2.13. The van der Waals surface area contributed by atoms with Crippen LogP contribution in [0, 0.1) is 5.82 Å². The predicted octanol–water partition coefficient (Wildman–Crippen LogP) is 1.87.